The summed E-state index contributed by atoms with van der Waals surface area (Å²) in [6, 6.07) is -0.678. The molecule has 140 valence electrons. The Morgan fingerprint density at radius 2 is 2.00 bits per heavy atom. The number of hydrogen-bond donors (Lipinski definition) is 0. The first kappa shape index (κ1) is 18.1. The molecule has 0 N–H and O–H groups in total. The highest BCUT2D eigenvalue weighted by molar-refractivity contribution is 5.99. The summed E-state index contributed by atoms with van der Waals surface area (Å²) in [6.07, 6.45) is 4.75. The quantitative estimate of drug-likeness (QED) is 0.742. The fourth-order valence-electron chi connectivity index (χ4n) is 3.23. The molecule has 2 aromatic rings. The van der Waals surface area contributed by atoms with Crippen LogP contribution in [0.25, 0.3) is 11.1 Å². The van der Waals surface area contributed by atoms with E-state index in [0.29, 0.717) is 19.5 Å². The van der Waals surface area contributed by atoms with Crippen molar-refractivity contribution >= 4 is 23.0 Å². The lowest BCUT2D eigenvalue weighted by atomic mass is 10.1. The number of rotatable bonds is 5. The molecule has 1 atom stereocenters. The van der Waals surface area contributed by atoms with Crippen LogP contribution in [0.4, 0.5) is 0 Å². The van der Waals surface area contributed by atoms with Gasteiger partial charge in [0.1, 0.15) is 17.8 Å². The van der Waals surface area contributed by atoms with Gasteiger partial charge in [0.2, 0.25) is 11.6 Å². The van der Waals surface area contributed by atoms with Gasteiger partial charge in [0.25, 0.3) is 11.3 Å². The number of nitrogens with zero attached hydrogens (tertiary/aromatic N) is 4. The number of fused-ring (bicyclic) bond motifs is 1. The van der Waals surface area contributed by atoms with Gasteiger partial charge in [0, 0.05) is 13.1 Å². The third kappa shape index (κ3) is 3.21. The Bertz CT molecular complexity index is 866. The molecule has 1 amide bonds. The Labute approximate surface area is 149 Å². The second-order valence-corrected chi connectivity index (χ2v) is 6.20. The van der Waals surface area contributed by atoms with Crippen LogP contribution in [-0.2, 0) is 9.53 Å². The molecule has 0 bridgehead atoms. The lowest BCUT2D eigenvalue weighted by molar-refractivity contribution is -0.135. The van der Waals surface area contributed by atoms with Crippen molar-refractivity contribution in [2.75, 3.05) is 19.7 Å². The molecule has 3 rings (SSSR count). The Kier molecular flexibility index (Phi) is 5.34. The summed E-state index contributed by atoms with van der Waals surface area (Å²) in [5, 5.41) is 3.56. The first-order valence-corrected chi connectivity index (χ1v) is 8.90. The van der Waals surface area contributed by atoms with Crippen molar-refractivity contribution in [3.63, 3.8) is 0 Å². The van der Waals surface area contributed by atoms with Crippen LogP contribution in [0.2, 0.25) is 0 Å². The van der Waals surface area contributed by atoms with E-state index in [2.05, 4.69) is 10.1 Å². The molecule has 9 heteroatoms. The van der Waals surface area contributed by atoms with Gasteiger partial charge in [-0.3, -0.25) is 14.2 Å². The summed E-state index contributed by atoms with van der Waals surface area (Å²) in [5.74, 6) is -0.858. The van der Waals surface area contributed by atoms with Crippen molar-refractivity contribution in [2.24, 2.45) is 0 Å². The average Bonchev–Trinajstić information content (AvgIpc) is 3.10. The van der Waals surface area contributed by atoms with Crippen molar-refractivity contribution in [2.45, 2.75) is 45.6 Å². The standard InChI is InChI=1S/C17H22N4O5/c1-3-11(15(22)20-8-6-5-7-9-20)21-10-18-14-12(16(21)23)13(19-26-14)17(24)25-4-2/h10-11H,3-9H2,1-2H3/t11-/m1/s1. The molecular weight excluding hydrogens is 340 g/mol. The van der Waals surface area contributed by atoms with Gasteiger partial charge >= 0.3 is 5.97 Å². The van der Waals surface area contributed by atoms with Crippen molar-refractivity contribution < 1.29 is 18.8 Å². The molecule has 9 nitrogen and oxygen atoms in total. The van der Waals surface area contributed by atoms with Crippen molar-refractivity contribution in [1.29, 1.82) is 0 Å². The Morgan fingerprint density at radius 1 is 1.27 bits per heavy atom. The molecule has 1 aliphatic heterocycles. The summed E-state index contributed by atoms with van der Waals surface area (Å²) < 4.78 is 11.1. The molecule has 2 aromatic heterocycles. The van der Waals surface area contributed by atoms with E-state index in [9.17, 15) is 14.4 Å². The summed E-state index contributed by atoms with van der Waals surface area (Å²) in [4.78, 5) is 43.7. The summed E-state index contributed by atoms with van der Waals surface area (Å²) in [6.45, 7) is 5.03. The summed E-state index contributed by atoms with van der Waals surface area (Å²) in [5.41, 5.74) is -0.792. The van der Waals surface area contributed by atoms with Crippen molar-refractivity contribution in [3.05, 3.63) is 22.4 Å². The molecule has 3 heterocycles. The number of carbonyl (C=O) groups excluding carboxylic acids is 2. The van der Waals surface area contributed by atoms with Crippen LogP contribution in [0.15, 0.2) is 15.6 Å². The number of piperidine rings is 1. The van der Waals surface area contributed by atoms with Crippen LogP contribution in [0.5, 0.6) is 0 Å². The van der Waals surface area contributed by atoms with Crippen LogP contribution in [-0.4, -0.2) is 51.2 Å². The summed E-state index contributed by atoms with van der Waals surface area (Å²) >= 11 is 0. The third-order valence-electron chi connectivity index (χ3n) is 4.57. The Balaban J connectivity index is 2.01. The SMILES string of the molecule is CCOC(=O)c1noc2ncn([C@H](CC)C(=O)N3CCCCC3)c(=O)c12. The highest BCUT2D eigenvalue weighted by Crippen LogP contribution is 2.19. The van der Waals surface area contributed by atoms with Gasteiger partial charge in [-0.15, -0.1) is 0 Å². The van der Waals surface area contributed by atoms with Crippen LogP contribution < -0.4 is 5.56 Å². The molecule has 0 unspecified atom stereocenters. The predicted molar refractivity (Wildman–Crippen MR) is 91.8 cm³/mol. The van der Waals surface area contributed by atoms with Gasteiger partial charge in [-0.25, -0.2) is 9.78 Å². The zero-order chi connectivity index (χ0) is 18.7. The topological polar surface area (TPSA) is 108 Å². The molecule has 26 heavy (non-hydrogen) atoms. The molecule has 0 saturated carbocycles. The predicted octanol–water partition coefficient (Wildman–Crippen LogP) is 1.52. The molecule has 1 saturated heterocycles. The number of ether oxygens (including phenoxy) is 1. The van der Waals surface area contributed by atoms with Gasteiger partial charge in [-0.1, -0.05) is 12.1 Å². The maximum Gasteiger partial charge on any atom is 0.361 e. The zero-order valence-corrected chi connectivity index (χ0v) is 14.9. The van der Waals surface area contributed by atoms with Crippen LogP contribution >= 0.6 is 0 Å². The number of likely N-dealkylation sites (tertiary alicyclic amines) is 1. The van der Waals surface area contributed by atoms with Gasteiger partial charge in [-0.05, 0) is 32.6 Å². The zero-order valence-electron chi connectivity index (χ0n) is 14.9. The third-order valence-corrected chi connectivity index (χ3v) is 4.57. The number of hydrogen-bond acceptors (Lipinski definition) is 7. The lowest BCUT2D eigenvalue weighted by Crippen LogP contribution is -2.42. The lowest BCUT2D eigenvalue weighted by Gasteiger charge is -2.30. The smallest absolute Gasteiger partial charge is 0.361 e. The van der Waals surface area contributed by atoms with E-state index in [1.165, 1.54) is 10.9 Å². The minimum atomic E-state index is -0.752. The molecular formula is C17H22N4O5. The van der Waals surface area contributed by atoms with E-state index in [1.807, 2.05) is 6.92 Å². The molecule has 1 aliphatic rings. The normalized spacial score (nSPS) is 15.8. The number of aromatic nitrogens is 3. The van der Waals surface area contributed by atoms with Gasteiger partial charge in [0.05, 0.1) is 6.61 Å². The molecule has 1 fully saturated rings. The van der Waals surface area contributed by atoms with Crippen LogP contribution in [0, 0.1) is 0 Å². The van der Waals surface area contributed by atoms with Crippen LogP contribution in [0.1, 0.15) is 56.1 Å². The fraction of sp³-hybridized carbons (Fsp3) is 0.588. The molecule has 0 aliphatic carbocycles. The van der Waals surface area contributed by atoms with E-state index in [4.69, 9.17) is 9.26 Å². The highest BCUT2D eigenvalue weighted by atomic mass is 16.5. The first-order chi connectivity index (χ1) is 12.6. The molecule has 0 aromatic carbocycles. The van der Waals surface area contributed by atoms with Crippen molar-refractivity contribution in [3.8, 4) is 0 Å². The number of esters is 1. The van der Waals surface area contributed by atoms with Gasteiger partial charge in [-0.2, -0.15) is 0 Å². The van der Waals surface area contributed by atoms with E-state index in [1.54, 1.807) is 11.8 Å². The number of amides is 1. The van der Waals surface area contributed by atoms with E-state index >= 15 is 0 Å². The van der Waals surface area contributed by atoms with E-state index in [-0.39, 0.29) is 29.3 Å². The van der Waals surface area contributed by atoms with E-state index < -0.39 is 17.6 Å². The van der Waals surface area contributed by atoms with Crippen molar-refractivity contribution in [1.82, 2.24) is 19.6 Å². The molecule has 0 spiro atoms. The maximum atomic E-state index is 13.0. The van der Waals surface area contributed by atoms with Gasteiger partial charge < -0.3 is 14.2 Å². The first-order valence-electron chi connectivity index (χ1n) is 8.90. The minimum Gasteiger partial charge on any atom is -0.461 e. The second-order valence-electron chi connectivity index (χ2n) is 6.20. The fourth-order valence-corrected chi connectivity index (χ4v) is 3.23. The maximum absolute atomic E-state index is 13.0. The number of carbonyl (C=O) groups is 2. The Hall–Kier alpha value is -2.71. The Morgan fingerprint density at radius 3 is 2.65 bits per heavy atom. The van der Waals surface area contributed by atoms with Gasteiger partial charge in [0.15, 0.2) is 0 Å². The average molecular weight is 362 g/mol. The second kappa shape index (κ2) is 7.67. The summed E-state index contributed by atoms with van der Waals surface area (Å²) in [7, 11) is 0. The highest BCUT2D eigenvalue weighted by Gasteiger charge is 2.29. The largest absolute Gasteiger partial charge is 0.461 e. The minimum absolute atomic E-state index is 0.0467. The molecule has 0 radical (unpaired) electrons. The van der Waals surface area contributed by atoms with E-state index in [0.717, 1.165) is 19.3 Å². The van der Waals surface area contributed by atoms with Crippen LogP contribution in [0.3, 0.4) is 0 Å². The monoisotopic (exact) mass is 362 g/mol.